The molecule has 2 heterocycles. The second-order valence-corrected chi connectivity index (χ2v) is 5.12. The van der Waals surface area contributed by atoms with Crippen molar-refractivity contribution in [1.29, 1.82) is 0 Å². The first-order valence-electron chi connectivity index (χ1n) is 5.93. The summed E-state index contributed by atoms with van der Waals surface area (Å²) in [5.41, 5.74) is 3.01. The number of hydrogen-bond donors (Lipinski definition) is 1. The smallest absolute Gasteiger partial charge is 0.355 e. The van der Waals surface area contributed by atoms with Crippen LogP contribution in [0.5, 0.6) is 0 Å². The minimum Gasteiger partial charge on any atom is -0.476 e. The molecule has 0 aliphatic carbocycles. The third-order valence-corrected chi connectivity index (χ3v) is 3.84. The minimum atomic E-state index is -1.00. The van der Waals surface area contributed by atoms with Gasteiger partial charge in [-0.05, 0) is 12.1 Å². The van der Waals surface area contributed by atoms with Crippen LogP contribution in [0.15, 0.2) is 41.9 Å². The number of carboxylic acids is 1. The van der Waals surface area contributed by atoms with Crippen molar-refractivity contribution in [3.63, 3.8) is 0 Å². The van der Waals surface area contributed by atoms with Crippen molar-refractivity contribution in [1.82, 2.24) is 14.8 Å². The van der Waals surface area contributed by atoms with Crippen molar-refractivity contribution in [3.05, 3.63) is 47.6 Å². The van der Waals surface area contributed by atoms with Gasteiger partial charge in [-0.3, -0.25) is 4.68 Å². The predicted octanol–water partition coefficient (Wildman–Crippen LogP) is 2.91. The zero-order valence-corrected chi connectivity index (χ0v) is 11.5. The summed E-state index contributed by atoms with van der Waals surface area (Å²) in [5, 5.41) is 15.3. The monoisotopic (exact) mass is 285 g/mol. The Hall–Kier alpha value is -2.47. The van der Waals surface area contributed by atoms with Crippen LogP contribution in [0.1, 0.15) is 10.5 Å². The first-order chi connectivity index (χ1) is 9.65. The molecule has 0 aliphatic rings. The molecule has 6 heteroatoms. The Labute approximate surface area is 119 Å². The molecule has 1 aromatic carbocycles. The highest BCUT2D eigenvalue weighted by Crippen LogP contribution is 2.28. The molecule has 2 aromatic heterocycles. The minimum absolute atomic E-state index is 0.0796. The molecule has 0 bridgehead atoms. The molecule has 0 saturated carbocycles. The first kappa shape index (κ1) is 12.6. The molecule has 0 amide bonds. The number of carbonyl (C=O) groups is 1. The maximum Gasteiger partial charge on any atom is 0.355 e. The second-order valence-electron chi connectivity index (χ2n) is 4.26. The van der Waals surface area contributed by atoms with Gasteiger partial charge >= 0.3 is 5.97 Å². The van der Waals surface area contributed by atoms with Crippen LogP contribution in [0.25, 0.3) is 21.8 Å². The second kappa shape index (κ2) is 4.90. The number of nitrogens with zero attached hydrogens (tertiary/aromatic N) is 3. The van der Waals surface area contributed by atoms with Crippen molar-refractivity contribution in [3.8, 4) is 21.8 Å². The molecule has 0 radical (unpaired) electrons. The van der Waals surface area contributed by atoms with Gasteiger partial charge in [-0.25, -0.2) is 9.78 Å². The largest absolute Gasteiger partial charge is 0.476 e. The number of aryl methyl sites for hydroxylation is 1. The average Bonchev–Trinajstić information content (AvgIpc) is 3.07. The number of carboxylic acid groups (broad SMARTS) is 1. The zero-order chi connectivity index (χ0) is 14.1. The van der Waals surface area contributed by atoms with Crippen LogP contribution in [-0.4, -0.2) is 25.8 Å². The van der Waals surface area contributed by atoms with Crippen molar-refractivity contribution in [2.75, 3.05) is 0 Å². The number of rotatable bonds is 3. The van der Waals surface area contributed by atoms with E-state index >= 15 is 0 Å². The third-order valence-electron chi connectivity index (χ3n) is 2.95. The number of benzene rings is 1. The highest BCUT2D eigenvalue weighted by molar-refractivity contribution is 7.13. The Kier molecular flexibility index (Phi) is 3.08. The Bertz CT molecular complexity index is 776. The highest BCUT2D eigenvalue weighted by Gasteiger charge is 2.11. The van der Waals surface area contributed by atoms with Gasteiger partial charge < -0.3 is 5.11 Å². The Morgan fingerprint density at radius 1 is 1.30 bits per heavy atom. The fourth-order valence-electron chi connectivity index (χ4n) is 1.97. The zero-order valence-electron chi connectivity index (χ0n) is 10.6. The van der Waals surface area contributed by atoms with Gasteiger partial charge in [0.05, 0.1) is 5.69 Å². The lowest BCUT2D eigenvalue weighted by molar-refractivity contribution is 0.0691. The lowest BCUT2D eigenvalue weighted by atomic mass is 10.1. The van der Waals surface area contributed by atoms with Crippen LogP contribution in [0, 0.1) is 0 Å². The molecule has 100 valence electrons. The molecule has 0 atom stereocenters. The molecule has 0 fully saturated rings. The van der Waals surface area contributed by atoms with Crippen LogP contribution >= 0.6 is 11.3 Å². The fraction of sp³-hybridized carbons (Fsp3) is 0.0714. The maximum atomic E-state index is 10.9. The van der Waals surface area contributed by atoms with E-state index in [0.29, 0.717) is 5.01 Å². The summed E-state index contributed by atoms with van der Waals surface area (Å²) in [4.78, 5) is 15.0. The standard InChI is InChI=1S/C14H11N3O2S/c1-17-12(5-6-15-17)9-3-2-4-10(7-9)13-16-11(8-20-13)14(18)19/h2-8H,1H3,(H,18,19). The summed E-state index contributed by atoms with van der Waals surface area (Å²) in [6, 6.07) is 9.77. The van der Waals surface area contributed by atoms with E-state index in [1.807, 2.05) is 37.4 Å². The average molecular weight is 285 g/mol. The summed E-state index contributed by atoms with van der Waals surface area (Å²) in [7, 11) is 1.88. The molecule has 5 nitrogen and oxygen atoms in total. The molecule has 0 unspecified atom stereocenters. The van der Waals surface area contributed by atoms with Crippen LogP contribution in [-0.2, 0) is 7.05 Å². The molecule has 0 saturated heterocycles. The van der Waals surface area contributed by atoms with Gasteiger partial charge in [0.2, 0.25) is 0 Å². The van der Waals surface area contributed by atoms with Gasteiger partial charge in [0, 0.05) is 29.8 Å². The molecule has 3 rings (SSSR count). The number of thiazole rings is 1. The van der Waals surface area contributed by atoms with E-state index in [1.165, 1.54) is 11.3 Å². The number of hydrogen-bond acceptors (Lipinski definition) is 4. The van der Waals surface area contributed by atoms with Gasteiger partial charge in [-0.15, -0.1) is 11.3 Å². The number of aromatic carboxylic acids is 1. The van der Waals surface area contributed by atoms with Crippen molar-refractivity contribution in [2.24, 2.45) is 7.05 Å². The van der Waals surface area contributed by atoms with E-state index in [1.54, 1.807) is 16.3 Å². The number of aromatic nitrogens is 3. The van der Waals surface area contributed by atoms with E-state index in [-0.39, 0.29) is 5.69 Å². The molecule has 20 heavy (non-hydrogen) atoms. The SMILES string of the molecule is Cn1nccc1-c1cccc(-c2nc(C(=O)O)cs2)c1. The van der Waals surface area contributed by atoms with Gasteiger partial charge in [-0.2, -0.15) is 5.10 Å². The Balaban J connectivity index is 2.03. The summed E-state index contributed by atoms with van der Waals surface area (Å²) < 4.78 is 1.80. The van der Waals surface area contributed by atoms with E-state index in [0.717, 1.165) is 16.8 Å². The summed E-state index contributed by atoms with van der Waals surface area (Å²) >= 11 is 1.33. The molecular weight excluding hydrogens is 274 g/mol. The van der Waals surface area contributed by atoms with Crippen molar-refractivity contribution < 1.29 is 9.90 Å². The molecule has 3 aromatic rings. The highest BCUT2D eigenvalue weighted by atomic mass is 32.1. The van der Waals surface area contributed by atoms with Crippen LogP contribution in [0.2, 0.25) is 0 Å². The molecule has 1 N–H and O–H groups in total. The predicted molar refractivity (Wildman–Crippen MR) is 76.7 cm³/mol. The fourth-order valence-corrected chi connectivity index (χ4v) is 2.76. The molecule has 0 aliphatic heterocycles. The molecule has 0 spiro atoms. The van der Waals surface area contributed by atoms with Gasteiger partial charge in [0.25, 0.3) is 0 Å². The maximum absolute atomic E-state index is 10.9. The summed E-state index contributed by atoms with van der Waals surface area (Å²) in [5.74, 6) is -1.00. The Morgan fingerprint density at radius 2 is 2.10 bits per heavy atom. The normalized spacial score (nSPS) is 10.7. The van der Waals surface area contributed by atoms with Gasteiger partial charge in [0.15, 0.2) is 5.69 Å². The van der Waals surface area contributed by atoms with Gasteiger partial charge in [-0.1, -0.05) is 18.2 Å². The lowest BCUT2D eigenvalue weighted by Gasteiger charge is -2.04. The Morgan fingerprint density at radius 3 is 2.75 bits per heavy atom. The quantitative estimate of drug-likeness (QED) is 0.803. The van der Waals surface area contributed by atoms with E-state index < -0.39 is 5.97 Å². The van der Waals surface area contributed by atoms with E-state index in [9.17, 15) is 4.79 Å². The first-order valence-corrected chi connectivity index (χ1v) is 6.81. The lowest BCUT2D eigenvalue weighted by Crippen LogP contribution is -1.96. The van der Waals surface area contributed by atoms with Crippen molar-refractivity contribution in [2.45, 2.75) is 0 Å². The summed E-state index contributed by atoms with van der Waals surface area (Å²) in [6.07, 6.45) is 1.74. The van der Waals surface area contributed by atoms with E-state index in [2.05, 4.69) is 10.1 Å². The van der Waals surface area contributed by atoms with Crippen molar-refractivity contribution >= 4 is 17.3 Å². The molecular formula is C14H11N3O2S. The van der Waals surface area contributed by atoms with Crippen LogP contribution < -0.4 is 0 Å². The van der Waals surface area contributed by atoms with Crippen LogP contribution in [0.3, 0.4) is 0 Å². The summed E-state index contributed by atoms with van der Waals surface area (Å²) in [6.45, 7) is 0. The van der Waals surface area contributed by atoms with Crippen LogP contribution in [0.4, 0.5) is 0 Å². The van der Waals surface area contributed by atoms with Gasteiger partial charge in [0.1, 0.15) is 5.01 Å². The third kappa shape index (κ3) is 2.21. The van der Waals surface area contributed by atoms with E-state index in [4.69, 9.17) is 5.11 Å². The topological polar surface area (TPSA) is 68.0 Å².